The topological polar surface area (TPSA) is 41.9 Å². The van der Waals surface area contributed by atoms with Crippen LogP contribution in [0.3, 0.4) is 0 Å². The summed E-state index contributed by atoms with van der Waals surface area (Å²) in [6, 6.07) is 12.4. The van der Waals surface area contributed by atoms with Gasteiger partial charge in [0.05, 0.1) is 19.3 Å². The smallest absolute Gasteiger partial charge is 0.126 e. The van der Waals surface area contributed by atoms with Gasteiger partial charge >= 0.3 is 0 Å². The number of methoxy groups -OCH3 is 1. The summed E-state index contributed by atoms with van der Waals surface area (Å²) in [5.74, 6) is 0.896. The third-order valence-corrected chi connectivity index (χ3v) is 4.28. The van der Waals surface area contributed by atoms with Crippen molar-refractivity contribution in [1.82, 2.24) is 4.90 Å². The normalized spacial score (nSPS) is 22.3. The molecule has 3 rings (SSSR count). The third kappa shape index (κ3) is 2.95. The highest BCUT2D eigenvalue weighted by Gasteiger charge is 2.31. The van der Waals surface area contributed by atoms with E-state index in [1.807, 2.05) is 25.1 Å². The van der Waals surface area contributed by atoms with Crippen molar-refractivity contribution in [2.75, 3.05) is 26.8 Å². The van der Waals surface area contributed by atoms with Crippen molar-refractivity contribution in [2.45, 2.75) is 25.7 Å². The van der Waals surface area contributed by atoms with E-state index in [4.69, 9.17) is 9.47 Å². The second-order valence-electron chi connectivity index (χ2n) is 5.73. The summed E-state index contributed by atoms with van der Waals surface area (Å²) in [6.07, 6.45) is -0.473. The molecule has 2 atom stereocenters. The zero-order valence-corrected chi connectivity index (χ0v) is 13.2. The van der Waals surface area contributed by atoms with Crippen LogP contribution in [-0.4, -0.2) is 49.0 Å². The first-order chi connectivity index (χ1) is 10.7. The van der Waals surface area contributed by atoms with E-state index in [-0.39, 0.29) is 6.10 Å². The molecule has 0 unspecified atom stereocenters. The van der Waals surface area contributed by atoms with Gasteiger partial charge in [-0.05, 0) is 23.9 Å². The van der Waals surface area contributed by atoms with Gasteiger partial charge < -0.3 is 14.6 Å². The molecule has 0 amide bonds. The maximum absolute atomic E-state index is 10.1. The summed E-state index contributed by atoms with van der Waals surface area (Å²) in [7, 11) is 1.70. The number of rotatable bonds is 5. The first-order valence-corrected chi connectivity index (χ1v) is 7.79. The van der Waals surface area contributed by atoms with E-state index in [0.29, 0.717) is 13.2 Å². The number of β-amino-alcohol motifs (C(OH)–C–C–N with tert-alkyl or cyclic N) is 1. The lowest BCUT2D eigenvalue weighted by atomic mass is 10.0. The quantitative estimate of drug-likeness (QED) is 0.921. The number of nitrogens with zero attached hydrogens (tertiary/aromatic N) is 1. The third-order valence-electron chi connectivity index (χ3n) is 4.28. The number of aliphatic hydroxyl groups excluding tert-OH is 1. The van der Waals surface area contributed by atoms with Crippen LogP contribution in [0.1, 0.15) is 12.5 Å². The number of likely N-dealkylation sites (tertiary alicyclic amines) is 1. The van der Waals surface area contributed by atoms with E-state index < -0.39 is 6.10 Å². The van der Waals surface area contributed by atoms with E-state index in [1.165, 1.54) is 10.9 Å². The molecule has 0 aliphatic carbocycles. The van der Waals surface area contributed by atoms with E-state index in [9.17, 15) is 5.11 Å². The minimum Gasteiger partial charge on any atom is -0.496 e. The Morgan fingerprint density at radius 2 is 1.91 bits per heavy atom. The molecule has 0 saturated carbocycles. The van der Waals surface area contributed by atoms with E-state index in [2.05, 4.69) is 23.1 Å². The largest absolute Gasteiger partial charge is 0.496 e. The van der Waals surface area contributed by atoms with Crippen LogP contribution in [-0.2, 0) is 11.3 Å². The van der Waals surface area contributed by atoms with Crippen molar-refractivity contribution in [3.05, 3.63) is 42.0 Å². The monoisotopic (exact) mass is 301 g/mol. The number of ether oxygens (including phenoxy) is 2. The summed E-state index contributed by atoms with van der Waals surface area (Å²) in [5, 5.41) is 12.4. The summed E-state index contributed by atoms with van der Waals surface area (Å²) < 4.78 is 11.0. The fourth-order valence-corrected chi connectivity index (χ4v) is 3.23. The van der Waals surface area contributed by atoms with Crippen LogP contribution >= 0.6 is 0 Å². The maximum Gasteiger partial charge on any atom is 0.126 e. The van der Waals surface area contributed by atoms with Crippen molar-refractivity contribution in [3.63, 3.8) is 0 Å². The molecule has 22 heavy (non-hydrogen) atoms. The molecule has 1 fully saturated rings. The van der Waals surface area contributed by atoms with Crippen LogP contribution in [0.2, 0.25) is 0 Å². The minimum atomic E-state index is -0.399. The Kier molecular flexibility index (Phi) is 4.62. The molecule has 4 heteroatoms. The Balaban J connectivity index is 1.83. The van der Waals surface area contributed by atoms with Gasteiger partial charge in [-0.15, -0.1) is 0 Å². The van der Waals surface area contributed by atoms with Gasteiger partial charge in [0.1, 0.15) is 5.75 Å². The van der Waals surface area contributed by atoms with Gasteiger partial charge in [-0.25, -0.2) is 0 Å². The van der Waals surface area contributed by atoms with Gasteiger partial charge in [0, 0.05) is 31.6 Å². The number of hydrogen-bond acceptors (Lipinski definition) is 4. The van der Waals surface area contributed by atoms with Crippen molar-refractivity contribution in [3.8, 4) is 5.75 Å². The average Bonchev–Trinajstić information content (AvgIpc) is 2.88. The van der Waals surface area contributed by atoms with Gasteiger partial charge in [-0.2, -0.15) is 0 Å². The lowest BCUT2D eigenvalue weighted by Gasteiger charge is -2.18. The van der Waals surface area contributed by atoms with E-state index in [0.717, 1.165) is 24.2 Å². The van der Waals surface area contributed by atoms with E-state index in [1.54, 1.807) is 7.11 Å². The first-order valence-electron chi connectivity index (χ1n) is 7.79. The van der Waals surface area contributed by atoms with Crippen LogP contribution in [0.15, 0.2) is 36.4 Å². The fourth-order valence-electron chi connectivity index (χ4n) is 3.23. The molecule has 1 heterocycles. The zero-order chi connectivity index (χ0) is 15.5. The molecule has 2 aromatic rings. The molecule has 1 aliphatic heterocycles. The number of hydrogen-bond donors (Lipinski definition) is 1. The Hall–Kier alpha value is -1.62. The number of aliphatic hydroxyl groups is 1. The van der Waals surface area contributed by atoms with Crippen LogP contribution in [0, 0.1) is 0 Å². The van der Waals surface area contributed by atoms with Crippen molar-refractivity contribution in [1.29, 1.82) is 0 Å². The fraction of sp³-hybridized carbons (Fsp3) is 0.444. The van der Waals surface area contributed by atoms with Gasteiger partial charge in [-0.3, -0.25) is 4.90 Å². The Bertz CT molecular complexity index is 643. The molecule has 1 aliphatic rings. The lowest BCUT2D eigenvalue weighted by molar-refractivity contribution is -0.00244. The standard InChI is InChI=1S/C18H23NO3/c1-3-22-18-12-19(11-16(18)20)10-13-8-9-17(21-2)15-7-5-4-6-14(13)15/h4-9,16,18,20H,3,10-12H2,1-2H3/t16-,18-/m0/s1. The average molecular weight is 301 g/mol. The van der Waals surface area contributed by atoms with Crippen molar-refractivity contribution >= 4 is 10.8 Å². The first kappa shape index (κ1) is 15.3. The molecular weight excluding hydrogens is 278 g/mol. The summed E-state index contributed by atoms with van der Waals surface area (Å²) in [4.78, 5) is 2.25. The van der Waals surface area contributed by atoms with Crippen LogP contribution in [0.25, 0.3) is 10.8 Å². The Morgan fingerprint density at radius 1 is 1.14 bits per heavy atom. The second-order valence-corrected chi connectivity index (χ2v) is 5.73. The Morgan fingerprint density at radius 3 is 2.64 bits per heavy atom. The maximum atomic E-state index is 10.1. The SMILES string of the molecule is CCO[C@H]1CN(Cc2ccc(OC)c3ccccc23)C[C@@H]1O. The van der Waals surface area contributed by atoms with Crippen LogP contribution < -0.4 is 4.74 Å². The predicted octanol–water partition coefficient (Wildman–Crippen LogP) is 2.43. The van der Waals surface area contributed by atoms with Gasteiger partial charge in [0.15, 0.2) is 0 Å². The minimum absolute atomic E-state index is 0.0745. The number of fused-ring (bicyclic) bond motifs is 1. The summed E-state index contributed by atoms with van der Waals surface area (Å²) in [5.41, 5.74) is 1.25. The molecule has 0 radical (unpaired) electrons. The lowest BCUT2D eigenvalue weighted by Crippen LogP contribution is -2.26. The van der Waals surface area contributed by atoms with Gasteiger partial charge in [0.25, 0.3) is 0 Å². The molecular formula is C18H23NO3. The van der Waals surface area contributed by atoms with Crippen LogP contribution in [0.4, 0.5) is 0 Å². The van der Waals surface area contributed by atoms with Gasteiger partial charge in [0.2, 0.25) is 0 Å². The van der Waals surface area contributed by atoms with Crippen molar-refractivity contribution in [2.24, 2.45) is 0 Å². The molecule has 0 spiro atoms. The highest BCUT2D eigenvalue weighted by Crippen LogP contribution is 2.29. The zero-order valence-electron chi connectivity index (χ0n) is 13.2. The summed E-state index contributed by atoms with van der Waals surface area (Å²) >= 11 is 0. The highest BCUT2D eigenvalue weighted by atomic mass is 16.5. The molecule has 1 N–H and O–H groups in total. The molecule has 2 aromatic carbocycles. The highest BCUT2D eigenvalue weighted by molar-refractivity contribution is 5.91. The molecule has 1 saturated heterocycles. The van der Waals surface area contributed by atoms with Crippen LogP contribution in [0.5, 0.6) is 5.75 Å². The van der Waals surface area contributed by atoms with Crippen molar-refractivity contribution < 1.29 is 14.6 Å². The molecule has 4 nitrogen and oxygen atoms in total. The van der Waals surface area contributed by atoms with Gasteiger partial charge in [-0.1, -0.05) is 30.3 Å². The molecule has 0 bridgehead atoms. The number of benzene rings is 2. The second kappa shape index (κ2) is 6.65. The summed E-state index contributed by atoms with van der Waals surface area (Å²) in [6.45, 7) is 4.85. The molecule has 118 valence electrons. The van der Waals surface area contributed by atoms with E-state index >= 15 is 0 Å². The molecule has 0 aromatic heterocycles. The predicted molar refractivity (Wildman–Crippen MR) is 87.2 cm³/mol. The Labute approximate surface area is 131 Å².